The van der Waals surface area contributed by atoms with Crippen molar-refractivity contribution < 1.29 is 19.4 Å². The molecule has 0 saturated carbocycles. The van der Waals surface area contributed by atoms with Crippen molar-refractivity contribution in [3.63, 3.8) is 0 Å². The van der Waals surface area contributed by atoms with Gasteiger partial charge in [0.05, 0.1) is 0 Å². The molecule has 5 heteroatoms. The molecule has 0 aliphatic rings. The smallest absolute Gasteiger partial charge is 0.415 e. The third-order valence-electron chi connectivity index (χ3n) is 3.06. The van der Waals surface area contributed by atoms with Crippen molar-refractivity contribution in [3.05, 3.63) is 65.7 Å². The van der Waals surface area contributed by atoms with Crippen LogP contribution in [0.25, 0.3) is 0 Å². The van der Waals surface area contributed by atoms with E-state index >= 15 is 0 Å². The van der Waals surface area contributed by atoms with Crippen molar-refractivity contribution in [2.45, 2.75) is 13.5 Å². The van der Waals surface area contributed by atoms with Gasteiger partial charge < -0.3 is 9.84 Å². The first-order valence-corrected chi connectivity index (χ1v) is 6.83. The minimum absolute atomic E-state index is 0.0989. The van der Waals surface area contributed by atoms with Crippen molar-refractivity contribution >= 4 is 17.7 Å². The maximum atomic E-state index is 12.2. The summed E-state index contributed by atoms with van der Waals surface area (Å²) in [6.45, 7) is 1.57. The molecule has 0 heterocycles. The topological polar surface area (TPSA) is 66.8 Å². The van der Waals surface area contributed by atoms with E-state index in [0.29, 0.717) is 5.69 Å². The molecule has 2 aromatic rings. The van der Waals surface area contributed by atoms with Crippen molar-refractivity contribution in [1.29, 1.82) is 0 Å². The van der Waals surface area contributed by atoms with Crippen molar-refractivity contribution in [2.75, 3.05) is 11.4 Å². The molecule has 0 fully saturated rings. The molecule has 0 aliphatic carbocycles. The van der Waals surface area contributed by atoms with Crippen LogP contribution >= 0.6 is 0 Å². The van der Waals surface area contributed by atoms with E-state index in [1.807, 2.05) is 49.4 Å². The molecule has 2 aromatic carbocycles. The number of amides is 1. The Morgan fingerprint density at radius 3 is 2.27 bits per heavy atom. The number of carbonyl (C=O) groups excluding carboxylic acids is 1. The minimum atomic E-state index is -1.10. The lowest BCUT2D eigenvalue weighted by Crippen LogP contribution is -2.36. The SMILES string of the molecule is Cc1ccc(N(CC(=O)O)C(=O)OCc2ccccc2)cc1. The van der Waals surface area contributed by atoms with Gasteiger partial charge in [-0.1, -0.05) is 48.0 Å². The van der Waals surface area contributed by atoms with E-state index in [9.17, 15) is 9.59 Å². The lowest BCUT2D eigenvalue weighted by Gasteiger charge is -2.20. The summed E-state index contributed by atoms with van der Waals surface area (Å²) in [6, 6.07) is 16.2. The first-order chi connectivity index (χ1) is 10.6. The highest BCUT2D eigenvalue weighted by atomic mass is 16.6. The number of anilines is 1. The third kappa shape index (κ3) is 4.34. The maximum Gasteiger partial charge on any atom is 0.415 e. The number of rotatable bonds is 5. The van der Waals surface area contributed by atoms with E-state index in [4.69, 9.17) is 9.84 Å². The quantitative estimate of drug-likeness (QED) is 0.920. The van der Waals surface area contributed by atoms with Crippen molar-refractivity contribution in [3.8, 4) is 0 Å². The second kappa shape index (κ2) is 7.26. The molecule has 0 aliphatic heterocycles. The van der Waals surface area contributed by atoms with Gasteiger partial charge in [-0.05, 0) is 24.6 Å². The normalized spacial score (nSPS) is 10.0. The van der Waals surface area contributed by atoms with Crippen molar-refractivity contribution in [2.24, 2.45) is 0 Å². The van der Waals surface area contributed by atoms with E-state index < -0.39 is 18.6 Å². The number of nitrogens with zero attached hydrogens (tertiary/aromatic N) is 1. The molecule has 0 aromatic heterocycles. The van der Waals surface area contributed by atoms with Crippen LogP contribution in [0.5, 0.6) is 0 Å². The molecule has 0 radical (unpaired) electrons. The Bertz CT molecular complexity index is 637. The van der Waals surface area contributed by atoms with Gasteiger partial charge in [0.2, 0.25) is 0 Å². The first-order valence-electron chi connectivity index (χ1n) is 6.83. The number of aliphatic carboxylic acids is 1. The van der Waals surface area contributed by atoms with Crippen LogP contribution in [-0.2, 0) is 16.1 Å². The fraction of sp³-hybridized carbons (Fsp3) is 0.176. The average Bonchev–Trinajstić information content (AvgIpc) is 2.52. The highest BCUT2D eigenvalue weighted by Gasteiger charge is 2.20. The second-order valence-corrected chi connectivity index (χ2v) is 4.86. The number of hydrogen-bond donors (Lipinski definition) is 1. The first kappa shape index (κ1) is 15.6. The lowest BCUT2D eigenvalue weighted by atomic mass is 10.2. The van der Waals surface area contributed by atoms with E-state index in [-0.39, 0.29) is 6.61 Å². The summed E-state index contributed by atoms with van der Waals surface area (Å²) in [5.74, 6) is -1.10. The second-order valence-electron chi connectivity index (χ2n) is 4.86. The van der Waals surface area contributed by atoms with Gasteiger partial charge in [0.25, 0.3) is 0 Å². The van der Waals surface area contributed by atoms with Crippen LogP contribution in [0.4, 0.5) is 10.5 Å². The van der Waals surface area contributed by atoms with Crippen LogP contribution < -0.4 is 4.90 Å². The number of hydrogen-bond acceptors (Lipinski definition) is 3. The predicted molar refractivity (Wildman–Crippen MR) is 82.8 cm³/mol. The summed E-state index contributed by atoms with van der Waals surface area (Å²) < 4.78 is 5.20. The molecule has 1 amide bonds. The Labute approximate surface area is 128 Å². The molecule has 22 heavy (non-hydrogen) atoms. The van der Waals surface area contributed by atoms with Gasteiger partial charge in [0.1, 0.15) is 13.2 Å². The van der Waals surface area contributed by atoms with E-state index in [1.54, 1.807) is 12.1 Å². The number of carboxylic acids is 1. The van der Waals surface area contributed by atoms with Gasteiger partial charge in [-0.15, -0.1) is 0 Å². The van der Waals surface area contributed by atoms with Gasteiger partial charge in [-0.25, -0.2) is 4.79 Å². The molecular weight excluding hydrogens is 282 g/mol. The molecule has 5 nitrogen and oxygen atoms in total. The number of carbonyl (C=O) groups is 2. The summed E-state index contributed by atoms with van der Waals surface area (Å²) >= 11 is 0. The van der Waals surface area contributed by atoms with Gasteiger partial charge in [-0.2, -0.15) is 0 Å². The Hall–Kier alpha value is -2.82. The molecule has 0 bridgehead atoms. The zero-order chi connectivity index (χ0) is 15.9. The Kier molecular flexibility index (Phi) is 5.14. The van der Waals surface area contributed by atoms with Crippen LogP contribution in [0, 0.1) is 6.92 Å². The molecular formula is C17H17NO4. The average molecular weight is 299 g/mol. The van der Waals surface area contributed by atoms with Crippen LogP contribution in [-0.4, -0.2) is 23.7 Å². The fourth-order valence-corrected chi connectivity index (χ4v) is 1.92. The zero-order valence-corrected chi connectivity index (χ0v) is 12.2. The molecule has 114 valence electrons. The van der Waals surface area contributed by atoms with Crippen LogP contribution in [0.15, 0.2) is 54.6 Å². The monoisotopic (exact) mass is 299 g/mol. The summed E-state index contributed by atoms with van der Waals surface area (Å²) in [6.07, 6.45) is -0.685. The van der Waals surface area contributed by atoms with Gasteiger partial charge >= 0.3 is 12.1 Å². The van der Waals surface area contributed by atoms with E-state index in [1.165, 1.54) is 0 Å². The number of ether oxygens (including phenoxy) is 1. The third-order valence-corrected chi connectivity index (χ3v) is 3.06. The van der Waals surface area contributed by atoms with Gasteiger partial charge in [0, 0.05) is 5.69 Å². The number of benzene rings is 2. The molecule has 0 spiro atoms. The molecule has 0 atom stereocenters. The highest BCUT2D eigenvalue weighted by Crippen LogP contribution is 2.16. The van der Waals surface area contributed by atoms with Crippen molar-refractivity contribution in [1.82, 2.24) is 0 Å². The van der Waals surface area contributed by atoms with Crippen LogP contribution in [0.3, 0.4) is 0 Å². The molecule has 0 unspecified atom stereocenters. The lowest BCUT2D eigenvalue weighted by molar-refractivity contribution is -0.135. The standard InChI is InChI=1S/C17H17NO4/c1-13-7-9-15(10-8-13)18(11-16(19)20)17(21)22-12-14-5-3-2-4-6-14/h2-10H,11-12H2,1H3,(H,19,20). The van der Waals surface area contributed by atoms with Gasteiger partial charge in [0.15, 0.2) is 0 Å². The highest BCUT2D eigenvalue weighted by molar-refractivity contribution is 5.92. The van der Waals surface area contributed by atoms with Crippen LogP contribution in [0.1, 0.15) is 11.1 Å². The summed E-state index contributed by atoms with van der Waals surface area (Å²) in [5, 5.41) is 8.98. The summed E-state index contributed by atoms with van der Waals surface area (Å²) in [4.78, 5) is 24.3. The summed E-state index contributed by atoms with van der Waals surface area (Å²) in [7, 11) is 0. The molecule has 1 N–H and O–H groups in total. The predicted octanol–water partition coefficient (Wildman–Crippen LogP) is 3.22. The van der Waals surface area contributed by atoms with Crippen LogP contribution in [0.2, 0.25) is 0 Å². The number of aryl methyl sites for hydroxylation is 1. The largest absolute Gasteiger partial charge is 0.480 e. The Balaban J connectivity index is 2.09. The number of carboxylic acid groups (broad SMARTS) is 1. The summed E-state index contributed by atoms with van der Waals surface area (Å²) in [5.41, 5.74) is 2.36. The minimum Gasteiger partial charge on any atom is -0.480 e. The molecule has 0 saturated heterocycles. The maximum absolute atomic E-state index is 12.2. The Morgan fingerprint density at radius 2 is 1.68 bits per heavy atom. The Morgan fingerprint density at radius 1 is 1.05 bits per heavy atom. The van der Waals surface area contributed by atoms with Gasteiger partial charge in [-0.3, -0.25) is 9.69 Å². The van der Waals surface area contributed by atoms with E-state index in [0.717, 1.165) is 16.0 Å². The fourth-order valence-electron chi connectivity index (χ4n) is 1.92. The molecule has 2 rings (SSSR count). The zero-order valence-electron chi connectivity index (χ0n) is 12.2. The van der Waals surface area contributed by atoms with E-state index in [2.05, 4.69) is 0 Å².